The molecule has 0 unspecified atom stereocenters. The zero-order valence-corrected chi connectivity index (χ0v) is 14.3. The zero-order valence-electron chi connectivity index (χ0n) is 13.5. The smallest absolute Gasteiger partial charge is 0.244 e. The first kappa shape index (κ1) is 17.3. The number of amides is 1. The van der Waals surface area contributed by atoms with Gasteiger partial charge in [0.05, 0.1) is 6.04 Å². The highest BCUT2D eigenvalue weighted by Gasteiger charge is 2.14. The second-order valence-electron chi connectivity index (χ2n) is 5.99. The highest BCUT2D eigenvalue weighted by molar-refractivity contribution is 6.30. The topological polar surface area (TPSA) is 29.1 Å². The molecular weight excluding hydrogens is 306 g/mol. The second kappa shape index (κ2) is 8.54. The van der Waals surface area contributed by atoms with Crippen LogP contribution in [0.25, 0.3) is 6.08 Å². The largest absolute Gasteiger partial charge is 0.346 e. The lowest BCUT2D eigenvalue weighted by atomic mass is 9.97. The molecule has 0 aromatic heterocycles. The molecule has 0 aliphatic heterocycles. The second-order valence-corrected chi connectivity index (χ2v) is 6.42. The lowest BCUT2D eigenvalue weighted by Crippen LogP contribution is -2.27. The minimum Gasteiger partial charge on any atom is -0.346 e. The van der Waals surface area contributed by atoms with Crippen LogP contribution in [-0.4, -0.2) is 5.91 Å². The summed E-state index contributed by atoms with van der Waals surface area (Å²) in [6.45, 7) is 4.32. The van der Waals surface area contributed by atoms with Gasteiger partial charge in [-0.2, -0.15) is 0 Å². The van der Waals surface area contributed by atoms with E-state index < -0.39 is 0 Å². The number of hydrogen-bond donors (Lipinski definition) is 1. The molecule has 0 aliphatic carbocycles. The van der Waals surface area contributed by atoms with Gasteiger partial charge in [0, 0.05) is 11.1 Å². The number of rotatable bonds is 6. The van der Waals surface area contributed by atoms with Gasteiger partial charge in [0.1, 0.15) is 0 Å². The molecule has 23 heavy (non-hydrogen) atoms. The first-order valence-corrected chi connectivity index (χ1v) is 8.21. The van der Waals surface area contributed by atoms with Gasteiger partial charge in [-0.25, -0.2) is 0 Å². The first-order chi connectivity index (χ1) is 11.0. The fraction of sp³-hybridized carbons (Fsp3) is 0.250. The van der Waals surface area contributed by atoms with Crippen molar-refractivity contribution in [1.82, 2.24) is 5.32 Å². The van der Waals surface area contributed by atoms with Crippen molar-refractivity contribution in [3.63, 3.8) is 0 Å². The SMILES string of the molecule is CC(C)C[C@@H](NC(=O)/C=C/c1ccc(Cl)cc1)c1ccccc1. The normalized spacial score (nSPS) is 12.5. The van der Waals surface area contributed by atoms with Gasteiger partial charge in [-0.05, 0) is 41.7 Å². The van der Waals surface area contributed by atoms with Crippen molar-refractivity contribution in [2.24, 2.45) is 5.92 Å². The predicted molar refractivity (Wildman–Crippen MR) is 97.3 cm³/mol. The summed E-state index contributed by atoms with van der Waals surface area (Å²) in [5.41, 5.74) is 2.08. The molecule has 0 saturated carbocycles. The van der Waals surface area contributed by atoms with E-state index in [1.165, 1.54) is 0 Å². The highest BCUT2D eigenvalue weighted by atomic mass is 35.5. The number of benzene rings is 2. The van der Waals surface area contributed by atoms with Crippen molar-refractivity contribution in [2.45, 2.75) is 26.3 Å². The van der Waals surface area contributed by atoms with Crippen LogP contribution >= 0.6 is 11.6 Å². The molecule has 2 aromatic carbocycles. The van der Waals surface area contributed by atoms with Gasteiger partial charge in [0.25, 0.3) is 0 Å². The van der Waals surface area contributed by atoms with E-state index in [9.17, 15) is 4.79 Å². The Kier molecular flexibility index (Phi) is 6.42. The Balaban J connectivity index is 2.04. The Morgan fingerprint density at radius 1 is 1.09 bits per heavy atom. The van der Waals surface area contributed by atoms with Gasteiger partial charge in [-0.1, -0.05) is 67.9 Å². The van der Waals surface area contributed by atoms with Crippen LogP contribution in [-0.2, 0) is 4.79 Å². The molecule has 3 heteroatoms. The van der Waals surface area contributed by atoms with Crippen LogP contribution in [0.3, 0.4) is 0 Å². The molecule has 2 nitrogen and oxygen atoms in total. The van der Waals surface area contributed by atoms with E-state index in [2.05, 4.69) is 31.3 Å². The van der Waals surface area contributed by atoms with Crippen molar-refractivity contribution >= 4 is 23.6 Å². The van der Waals surface area contributed by atoms with Crippen molar-refractivity contribution < 1.29 is 4.79 Å². The predicted octanol–water partition coefficient (Wildman–Crippen LogP) is 5.26. The third kappa shape index (κ3) is 5.91. The number of carbonyl (C=O) groups is 1. The van der Waals surface area contributed by atoms with Gasteiger partial charge in [-0.3, -0.25) is 4.79 Å². The summed E-state index contributed by atoms with van der Waals surface area (Å²) in [4.78, 5) is 12.2. The Morgan fingerprint density at radius 3 is 2.35 bits per heavy atom. The average Bonchev–Trinajstić information content (AvgIpc) is 2.54. The van der Waals surface area contributed by atoms with Crippen molar-refractivity contribution in [3.8, 4) is 0 Å². The molecule has 1 atom stereocenters. The molecule has 0 heterocycles. The summed E-state index contributed by atoms with van der Waals surface area (Å²) in [5.74, 6) is 0.412. The maximum absolute atomic E-state index is 12.2. The standard InChI is InChI=1S/C20H22ClNO/c1-15(2)14-19(17-6-4-3-5-7-17)22-20(23)13-10-16-8-11-18(21)12-9-16/h3-13,15,19H,14H2,1-2H3,(H,22,23)/b13-10+/t19-/m1/s1. The number of nitrogens with one attached hydrogen (secondary N) is 1. The van der Waals surface area contributed by atoms with Crippen molar-refractivity contribution in [3.05, 3.63) is 76.8 Å². The first-order valence-electron chi connectivity index (χ1n) is 7.83. The van der Waals surface area contributed by atoms with E-state index in [1.807, 2.05) is 42.5 Å². The van der Waals surface area contributed by atoms with E-state index in [4.69, 9.17) is 11.6 Å². The molecule has 2 aromatic rings. The van der Waals surface area contributed by atoms with E-state index >= 15 is 0 Å². The number of halogens is 1. The third-order valence-electron chi connectivity index (χ3n) is 3.52. The quantitative estimate of drug-likeness (QED) is 0.721. The summed E-state index contributed by atoms with van der Waals surface area (Å²) in [6.07, 6.45) is 4.27. The van der Waals surface area contributed by atoms with Crippen LogP contribution in [0, 0.1) is 5.92 Å². The zero-order chi connectivity index (χ0) is 16.7. The van der Waals surface area contributed by atoms with Gasteiger partial charge >= 0.3 is 0 Å². The molecule has 0 fully saturated rings. The Hall–Kier alpha value is -2.06. The number of hydrogen-bond acceptors (Lipinski definition) is 1. The highest BCUT2D eigenvalue weighted by Crippen LogP contribution is 2.21. The van der Waals surface area contributed by atoms with Gasteiger partial charge in [0.2, 0.25) is 5.91 Å². The Labute approximate surface area is 143 Å². The van der Waals surface area contributed by atoms with E-state index in [0.29, 0.717) is 10.9 Å². The van der Waals surface area contributed by atoms with E-state index in [0.717, 1.165) is 17.5 Å². The van der Waals surface area contributed by atoms with Gasteiger partial charge < -0.3 is 5.32 Å². The fourth-order valence-electron chi connectivity index (χ4n) is 2.40. The molecule has 0 aliphatic rings. The lowest BCUT2D eigenvalue weighted by Gasteiger charge is -2.20. The summed E-state index contributed by atoms with van der Waals surface area (Å²) in [6, 6.07) is 17.5. The molecule has 120 valence electrons. The minimum atomic E-state index is -0.0885. The maximum Gasteiger partial charge on any atom is 0.244 e. The molecule has 2 rings (SSSR count). The maximum atomic E-state index is 12.2. The average molecular weight is 328 g/mol. The molecule has 1 amide bonds. The summed E-state index contributed by atoms with van der Waals surface area (Å²) in [7, 11) is 0. The van der Waals surface area contributed by atoms with E-state index in [-0.39, 0.29) is 11.9 Å². The molecular formula is C20H22ClNO. The van der Waals surface area contributed by atoms with Crippen LogP contribution in [0.2, 0.25) is 5.02 Å². The summed E-state index contributed by atoms with van der Waals surface area (Å²) < 4.78 is 0. The molecule has 1 N–H and O–H groups in total. The minimum absolute atomic E-state index is 0.0265. The van der Waals surface area contributed by atoms with Crippen LogP contribution in [0.4, 0.5) is 0 Å². The Bertz CT molecular complexity index is 647. The summed E-state index contributed by atoms with van der Waals surface area (Å²) >= 11 is 5.86. The molecule has 0 bridgehead atoms. The summed E-state index contributed by atoms with van der Waals surface area (Å²) in [5, 5.41) is 3.78. The Morgan fingerprint density at radius 2 is 1.74 bits per heavy atom. The van der Waals surface area contributed by atoms with Crippen LogP contribution in [0.5, 0.6) is 0 Å². The lowest BCUT2D eigenvalue weighted by molar-refractivity contribution is -0.117. The fourth-order valence-corrected chi connectivity index (χ4v) is 2.53. The van der Waals surface area contributed by atoms with Crippen molar-refractivity contribution in [2.75, 3.05) is 0 Å². The number of carbonyl (C=O) groups excluding carboxylic acids is 1. The van der Waals surface area contributed by atoms with Crippen LogP contribution < -0.4 is 5.32 Å². The van der Waals surface area contributed by atoms with E-state index in [1.54, 1.807) is 12.2 Å². The van der Waals surface area contributed by atoms with Gasteiger partial charge in [0.15, 0.2) is 0 Å². The van der Waals surface area contributed by atoms with Crippen LogP contribution in [0.15, 0.2) is 60.7 Å². The van der Waals surface area contributed by atoms with Crippen LogP contribution in [0.1, 0.15) is 37.4 Å². The molecule has 0 spiro atoms. The third-order valence-corrected chi connectivity index (χ3v) is 3.77. The molecule has 0 saturated heterocycles. The van der Waals surface area contributed by atoms with Gasteiger partial charge in [-0.15, -0.1) is 0 Å². The molecule has 0 radical (unpaired) electrons. The van der Waals surface area contributed by atoms with Crippen molar-refractivity contribution in [1.29, 1.82) is 0 Å². The monoisotopic (exact) mass is 327 g/mol.